The molecule has 0 aliphatic rings. The van der Waals surface area contributed by atoms with E-state index in [9.17, 15) is 9.59 Å². The molecule has 0 atom stereocenters. The first kappa shape index (κ1) is 10.5. The summed E-state index contributed by atoms with van der Waals surface area (Å²) in [4.78, 5) is 22.7. The van der Waals surface area contributed by atoms with Crippen LogP contribution in [0.2, 0.25) is 5.02 Å². The summed E-state index contributed by atoms with van der Waals surface area (Å²) in [5.41, 5.74) is -1.33. The minimum atomic E-state index is -0.950. The number of rotatable bonds is 1. The van der Waals surface area contributed by atoms with E-state index >= 15 is 0 Å². The van der Waals surface area contributed by atoms with Gasteiger partial charge < -0.3 is 5.11 Å². The van der Waals surface area contributed by atoms with Crippen LogP contribution in [0.5, 0.6) is 5.75 Å². The van der Waals surface area contributed by atoms with Crippen molar-refractivity contribution in [3.8, 4) is 11.4 Å². The zero-order chi connectivity index (χ0) is 11.7. The summed E-state index contributed by atoms with van der Waals surface area (Å²) in [6.07, 6.45) is 1.05. The number of hydrogen-bond acceptors (Lipinski definition) is 3. The first-order valence-electron chi connectivity index (χ1n) is 4.39. The van der Waals surface area contributed by atoms with Crippen LogP contribution >= 0.6 is 11.6 Å². The Hall–Kier alpha value is -2.01. The highest BCUT2D eigenvalue weighted by Crippen LogP contribution is 2.10. The maximum atomic E-state index is 11.5. The smallest absolute Gasteiger partial charge is 0.321 e. The molecule has 0 radical (unpaired) electrons. The highest BCUT2D eigenvalue weighted by Gasteiger charge is 2.06. The Kier molecular flexibility index (Phi) is 2.54. The number of nitrogens with one attached hydrogen (secondary N) is 1. The molecule has 5 nitrogen and oxygen atoms in total. The van der Waals surface area contributed by atoms with Crippen molar-refractivity contribution >= 4 is 11.6 Å². The van der Waals surface area contributed by atoms with Gasteiger partial charge in [-0.25, -0.2) is 4.68 Å². The van der Waals surface area contributed by atoms with Crippen molar-refractivity contribution in [2.45, 2.75) is 0 Å². The second-order valence-corrected chi connectivity index (χ2v) is 3.54. The van der Waals surface area contributed by atoms with Gasteiger partial charge in [0, 0.05) is 5.02 Å². The van der Waals surface area contributed by atoms with E-state index in [-0.39, 0.29) is 0 Å². The molecular weight excluding hydrogens is 232 g/mol. The Labute approximate surface area is 94.5 Å². The Morgan fingerprint density at radius 3 is 2.44 bits per heavy atom. The quantitative estimate of drug-likeness (QED) is 0.725. The summed E-state index contributed by atoms with van der Waals surface area (Å²) in [5.74, 6) is -0.602. The molecule has 0 saturated heterocycles. The first-order valence-corrected chi connectivity index (χ1v) is 4.77. The third-order valence-electron chi connectivity index (χ3n) is 2.05. The summed E-state index contributed by atoms with van der Waals surface area (Å²) < 4.78 is 1.03. The number of aromatic hydroxyl groups is 1. The molecule has 6 heteroatoms. The van der Waals surface area contributed by atoms with Crippen LogP contribution in [0.4, 0.5) is 0 Å². The predicted octanol–water partition coefficient (Wildman–Crippen LogP) is 0.885. The van der Waals surface area contributed by atoms with E-state index in [2.05, 4.69) is 5.10 Å². The van der Waals surface area contributed by atoms with E-state index in [4.69, 9.17) is 16.7 Å². The number of halogens is 1. The number of benzene rings is 1. The van der Waals surface area contributed by atoms with Gasteiger partial charge in [-0.3, -0.25) is 14.7 Å². The van der Waals surface area contributed by atoms with E-state index in [0.29, 0.717) is 10.7 Å². The molecule has 2 aromatic rings. The lowest BCUT2D eigenvalue weighted by atomic mass is 10.3. The lowest BCUT2D eigenvalue weighted by molar-refractivity contribution is 0.461. The first-order chi connectivity index (χ1) is 7.59. The Bertz CT molecular complexity index is 628. The molecule has 2 rings (SSSR count). The number of H-pyrrole nitrogens is 1. The van der Waals surface area contributed by atoms with Gasteiger partial charge in [-0.05, 0) is 24.3 Å². The van der Waals surface area contributed by atoms with Gasteiger partial charge in [-0.15, -0.1) is 0 Å². The van der Waals surface area contributed by atoms with Crippen LogP contribution < -0.4 is 11.0 Å². The Morgan fingerprint density at radius 2 is 1.81 bits per heavy atom. The van der Waals surface area contributed by atoms with Gasteiger partial charge in [-0.1, -0.05) is 11.6 Å². The van der Waals surface area contributed by atoms with Crippen LogP contribution in [0.25, 0.3) is 5.69 Å². The van der Waals surface area contributed by atoms with Gasteiger partial charge in [0.15, 0.2) is 5.75 Å². The van der Waals surface area contributed by atoms with Crippen molar-refractivity contribution in [1.82, 2.24) is 9.78 Å². The molecule has 2 N–H and O–H groups in total. The van der Waals surface area contributed by atoms with E-state index in [0.717, 1.165) is 10.9 Å². The summed E-state index contributed by atoms with van der Waals surface area (Å²) in [7, 11) is 0. The van der Waals surface area contributed by atoms with Crippen molar-refractivity contribution in [2.24, 2.45) is 0 Å². The van der Waals surface area contributed by atoms with Crippen molar-refractivity contribution in [3.63, 3.8) is 0 Å². The molecular formula is C10H7ClN2O3. The van der Waals surface area contributed by atoms with Gasteiger partial charge in [0.05, 0.1) is 11.9 Å². The van der Waals surface area contributed by atoms with Gasteiger partial charge in [-0.2, -0.15) is 0 Å². The zero-order valence-corrected chi connectivity index (χ0v) is 8.73. The fourth-order valence-corrected chi connectivity index (χ4v) is 1.37. The standard InChI is InChI=1S/C10H7ClN2O3/c11-6-1-3-7(4-2-6)13-10(16)9(15)8(14)5-12-13/h1-5,12,14H. The molecule has 0 saturated carbocycles. The molecule has 0 aliphatic heterocycles. The van der Waals surface area contributed by atoms with E-state index in [1.807, 2.05) is 0 Å². The summed E-state index contributed by atoms with van der Waals surface area (Å²) in [6, 6.07) is 6.34. The van der Waals surface area contributed by atoms with Gasteiger partial charge in [0.25, 0.3) is 5.43 Å². The van der Waals surface area contributed by atoms with Crippen LogP contribution in [0, 0.1) is 0 Å². The lowest BCUT2D eigenvalue weighted by Crippen LogP contribution is -2.34. The SMILES string of the molecule is O=c1c(O)c[nH]n(-c2ccc(Cl)cc2)c1=O. The molecule has 0 amide bonds. The molecule has 82 valence electrons. The van der Waals surface area contributed by atoms with Crippen molar-refractivity contribution in [3.05, 3.63) is 56.1 Å². The number of hydrogen-bond donors (Lipinski definition) is 2. The van der Waals surface area contributed by atoms with Crippen LogP contribution in [0.3, 0.4) is 0 Å². The summed E-state index contributed by atoms with van der Waals surface area (Å²) in [5, 5.41) is 12.1. The van der Waals surface area contributed by atoms with Crippen molar-refractivity contribution in [1.29, 1.82) is 0 Å². The third kappa shape index (κ3) is 1.72. The molecule has 0 fully saturated rings. The number of aromatic amines is 1. The minimum absolute atomic E-state index is 0.464. The van der Waals surface area contributed by atoms with Crippen molar-refractivity contribution < 1.29 is 5.11 Å². The van der Waals surface area contributed by atoms with E-state index < -0.39 is 16.7 Å². The average molecular weight is 239 g/mol. The normalized spacial score (nSPS) is 10.3. The summed E-state index contributed by atoms with van der Waals surface area (Å²) >= 11 is 5.70. The highest BCUT2D eigenvalue weighted by molar-refractivity contribution is 6.30. The average Bonchev–Trinajstić information content (AvgIpc) is 2.28. The van der Waals surface area contributed by atoms with Crippen LogP contribution in [-0.2, 0) is 0 Å². The topological polar surface area (TPSA) is 75.1 Å². The van der Waals surface area contributed by atoms with Gasteiger partial charge >= 0.3 is 5.56 Å². The van der Waals surface area contributed by atoms with E-state index in [1.54, 1.807) is 24.3 Å². The fraction of sp³-hybridized carbons (Fsp3) is 0. The monoisotopic (exact) mass is 238 g/mol. The number of aromatic nitrogens is 2. The maximum absolute atomic E-state index is 11.5. The molecule has 0 aliphatic carbocycles. The van der Waals surface area contributed by atoms with E-state index in [1.165, 1.54) is 0 Å². The second kappa shape index (κ2) is 3.86. The van der Waals surface area contributed by atoms with Crippen molar-refractivity contribution in [2.75, 3.05) is 0 Å². The predicted molar refractivity (Wildman–Crippen MR) is 59.3 cm³/mol. The third-order valence-corrected chi connectivity index (χ3v) is 2.30. The molecule has 1 aromatic carbocycles. The van der Waals surface area contributed by atoms with Crippen LogP contribution in [0.15, 0.2) is 40.1 Å². The molecule has 1 aromatic heterocycles. The van der Waals surface area contributed by atoms with Crippen LogP contribution in [-0.4, -0.2) is 14.9 Å². The molecule has 0 spiro atoms. The lowest BCUT2D eigenvalue weighted by Gasteiger charge is -2.04. The summed E-state index contributed by atoms with van der Waals surface area (Å²) in [6.45, 7) is 0. The molecule has 16 heavy (non-hydrogen) atoms. The van der Waals surface area contributed by atoms with Gasteiger partial charge in [0.2, 0.25) is 0 Å². The zero-order valence-electron chi connectivity index (χ0n) is 7.98. The highest BCUT2D eigenvalue weighted by atomic mass is 35.5. The molecule has 1 heterocycles. The Morgan fingerprint density at radius 1 is 1.19 bits per heavy atom. The molecule has 0 unspecified atom stereocenters. The Balaban J connectivity index is 2.66. The van der Waals surface area contributed by atoms with Gasteiger partial charge in [0.1, 0.15) is 0 Å². The maximum Gasteiger partial charge on any atom is 0.321 e. The largest absolute Gasteiger partial charge is 0.503 e. The molecule has 0 bridgehead atoms. The second-order valence-electron chi connectivity index (χ2n) is 3.10. The minimum Gasteiger partial charge on any atom is -0.503 e. The number of nitrogens with zero attached hydrogens (tertiary/aromatic N) is 1. The van der Waals surface area contributed by atoms with Crippen LogP contribution in [0.1, 0.15) is 0 Å². The fourth-order valence-electron chi connectivity index (χ4n) is 1.24.